The first-order valence-electron chi connectivity index (χ1n) is 10.6. The molecule has 1 amide bonds. The molecule has 0 fully saturated rings. The fourth-order valence-electron chi connectivity index (χ4n) is 3.88. The molecule has 0 aliphatic rings. The lowest BCUT2D eigenvalue weighted by atomic mass is 9.78. The third kappa shape index (κ3) is 4.25. The lowest BCUT2D eigenvalue weighted by Crippen LogP contribution is -2.43. The molecule has 1 N–H and O–H groups in total. The van der Waals surface area contributed by atoms with Gasteiger partial charge >= 0.3 is 0 Å². The number of benzene rings is 2. The number of amides is 1. The summed E-state index contributed by atoms with van der Waals surface area (Å²) < 4.78 is 2.72. The van der Waals surface area contributed by atoms with Crippen molar-refractivity contribution in [3.8, 4) is 5.82 Å². The van der Waals surface area contributed by atoms with Crippen molar-refractivity contribution >= 4 is 27.5 Å². The summed E-state index contributed by atoms with van der Waals surface area (Å²) in [5, 5.41) is 8.23. The molecule has 33 heavy (non-hydrogen) atoms. The van der Waals surface area contributed by atoms with Crippen molar-refractivity contribution in [1.29, 1.82) is 0 Å². The van der Waals surface area contributed by atoms with Crippen LogP contribution in [-0.4, -0.2) is 30.6 Å². The van der Waals surface area contributed by atoms with E-state index in [0.29, 0.717) is 18.8 Å². The van der Waals surface area contributed by atoms with Gasteiger partial charge in [0, 0.05) is 24.7 Å². The molecule has 1 atom stereocenters. The zero-order valence-corrected chi connectivity index (χ0v) is 18.9. The number of thiazole rings is 1. The second-order valence-corrected chi connectivity index (χ2v) is 9.07. The molecule has 0 aliphatic heterocycles. The molecule has 5 aromatic rings. The molecule has 164 valence electrons. The van der Waals surface area contributed by atoms with Crippen molar-refractivity contribution in [3.05, 3.63) is 102 Å². The van der Waals surface area contributed by atoms with Gasteiger partial charge in [0.05, 0.1) is 20.6 Å². The number of pyridine rings is 1. The van der Waals surface area contributed by atoms with E-state index in [1.807, 2.05) is 67.6 Å². The number of hydrogen-bond donors (Lipinski definition) is 1. The lowest BCUT2D eigenvalue weighted by molar-refractivity contribution is -0.126. The Morgan fingerprint density at radius 1 is 1.06 bits per heavy atom. The van der Waals surface area contributed by atoms with Crippen LogP contribution in [0.25, 0.3) is 16.0 Å². The van der Waals surface area contributed by atoms with Crippen molar-refractivity contribution in [2.45, 2.75) is 25.3 Å². The highest BCUT2D eigenvalue weighted by molar-refractivity contribution is 7.18. The van der Waals surface area contributed by atoms with Crippen LogP contribution >= 0.6 is 11.3 Å². The van der Waals surface area contributed by atoms with Crippen LogP contribution < -0.4 is 5.32 Å². The van der Waals surface area contributed by atoms with Crippen LogP contribution in [0.1, 0.15) is 23.1 Å². The van der Waals surface area contributed by atoms with E-state index >= 15 is 0 Å². The lowest BCUT2D eigenvalue weighted by Gasteiger charge is -2.28. The maximum atomic E-state index is 13.7. The molecule has 0 saturated heterocycles. The monoisotopic (exact) mass is 454 g/mol. The Labute approximate surface area is 195 Å². The van der Waals surface area contributed by atoms with Crippen LogP contribution in [0.4, 0.5) is 0 Å². The van der Waals surface area contributed by atoms with Crippen LogP contribution in [0, 0.1) is 0 Å². The number of rotatable bonds is 7. The Hall–Kier alpha value is -3.91. The fourth-order valence-corrected chi connectivity index (χ4v) is 5.00. The predicted octanol–water partition coefficient (Wildman–Crippen LogP) is 4.09. The van der Waals surface area contributed by atoms with Gasteiger partial charge in [-0.25, -0.2) is 19.6 Å². The summed E-state index contributed by atoms with van der Waals surface area (Å²) in [6, 6.07) is 21.7. The van der Waals surface area contributed by atoms with Crippen molar-refractivity contribution in [1.82, 2.24) is 30.0 Å². The number of carbonyl (C=O) groups is 1. The molecule has 0 saturated carbocycles. The SMILES string of the molecule is CC(Cc1nc2ccccc2s1)(C(=O)NCc1cccnc1-n1cncn1)c1ccccc1. The minimum Gasteiger partial charge on any atom is -0.351 e. The molecule has 7 nitrogen and oxygen atoms in total. The van der Waals surface area contributed by atoms with E-state index in [2.05, 4.69) is 26.4 Å². The maximum absolute atomic E-state index is 13.7. The minimum absolute atomic E-state index is 0.0682. The van der Waals surface area contributed by atoms with E-state index in [9.17, 15) is 4.79 Å². The molecular weight excluding hydrogens is 432 g/mol. The Bertz CT molecular complexity index is 1350. The van der Waals surface area contributed by atoms with Crippen molar-refractivity contribution in [2.75, 3.05) is 0 Å². The molecule has 8 heteroatoms. The third-order valence-electron chi connectivity index (χ3n) is 5.70. The molecule has 2 aromatic carbocycles. The zero-order valence-electron chi connectivity index (χ0n) is 18.0. The zero-order chi connectivity index (χ0) is 22.7. The Kier molecular flexibility index (Phi) is 5.66. The summed E-state index contributed by atoms with van der Waals surface area (Å²) >= 11 is 1.63. The van der Waals surface area contributed by atoms with Gasteiger partial charge in [-0.1, -0.05) is 48.5 Å². The smallest absolute Gasteiger partial charge is 0.231 e. The molecule has 3 heterocycles. The number of hydrogen-bond acceptors (Lipinski definition) is 6. The number of aromatic nitrogens is 5. The van der Waals surface area contributed by atoms with E-state index in [4.69, 9.17) is 4.98 Å². The van der Waals surface area contributed by atoms with Crippen molar-refractivity contribution < 1.29 is 4.79 Å². The molecule has 0 aliphatic carbocycles. The average molecular weight is 455 g/mol. The van der Waals surface area contributed by atoms with Crippen LogP contribution in [0.3, 0.4) is 0 Å². The fraction of sp³-hybridized carbons (Fsp3) is 0.160. The third-order valence-corrected chi connectivity index (χ3v) is 6.73. The van der Waals surface area contributed by atoms with Crippen LogP contribution in [0.5, 0.6) is 0 Å². The molecule has 0 spiro atoms. The van der Waals surface area contributed by atoms with Crippen molar-refractivity contribution in [2.24, 2.45) is 0 Å². The number of nitrogens with zero attached hydrogens (tertiary/aromatic N) is 5. The molecule has 1 unspecified atom stereocenters. The molecule has 0 radical (unpaired) electrons. The van der Waals surface area contributed by atoms with Gasteiger partial charge in [-0.15, -0.1) is 11.3 Å². The Morgan fingerprint density at radius 2 is 1.88 bits per heavy atom. The van der Waals surface area contributed by atoms with Gasteiger partial charge < -0.3 is 5.32 Å². The van der Waals surface area contributed by atoms with Gasteiger partial charge in [-0.05, 0) is 30.7 Å². The summed E-state index contributed by atoms with van der Waals surface area (Å²) in [6.07, 6.45) is 5.26. The van der Waals surface area contributed by atoms with Crippen LogP contribution in [0.2, 0.25) is 0 Å². The number of nitrogens with one attached hydrogen (secondary N) is 1. The normalized spacial score (nSPS) is 13.0. The molecule has 3 aromatic heterocycles. The molecule has 5 rings (SSSR count). The van der Waals surface area contributed by atoms with Gasteiger partial charge in [-0.2, -0.15) is 5.10 Å². The minimum atomic E-state index is -0.787. The van der Waals surface area contributed by atoms with Gasteiger partial charge in [0.25, 0.3) is 0 Å². The summed E-state index contributed by atoms with van der Waals surface area (Å²) in [4.78, 5) is 26.9. The first-order valence-corrected chi connectivity index (χ1v) is 11.4. The largest absolute Gasteiger partial charge is 0.351 e. The molecular formula is C25H22N6OS. The standard InChI is InChI=1S/C25H22N6OS/c1-25(19-9-3-2-4-10-19,14-22-30-20-11-5-6-12-21(20)33-22)24(32)28-15-18-8-7-13-27-23(18)31-17-26-16-29-31/h2-13,16-17H,14-15H2,1H3,(H,28,32). The second-order valence-electron chi connectivity index (χ2n) is 7.96. The summed E-state index contributed by atoms with van der Waals surface area (Å²) in [5.41, 5.74) is 1.97. The predicted molar refractivity (Wildman–Crippen MR) is 128 cm³/mol. The van der Waals surface area contributed by atoms with Gasteiger partial charge in [0.2, 0.25) is 5.91 Å². The van der Waals surface area contributed by atoms with E-state index < -0.39 is 5.41 Å². The first kappa shape index (κ1) is 21.0. The molecule has 0 bridgehead atoms. The number of fused-ring (bicyclic) bond motifs is 1. The van der Waals surface area contributed by atoms with E-state index in [1.54, 1.807) is 28.5 Å². The maximum Gasteiger partial charge on any atom is 0.231 e. The van der Waals surface area contributed by atoms with Crippen molar-refractivity contribution in [3.63, 3.8) is 0 Å². The summed E-state index contributed by atoms with van der Waals surface area (Å²) in [6.45, 7) is 2.30. The summed E-state index contributed by atoms with van der Waals surface area (Å²) in [5.74, 6) is 0.573. The number of carbonyl (C=O) groups excluding carboxylic acids is 1. The quantitative estimate of drug-likeness (QED) is 0.400. The van der Waals surface area contributed by atoms with E-state index in [0.717, 1.165) is 26.4 Å². The highest BCUT2D eigenvalue weighted by Crippen LogP contribution is 2.32. The summed E-state index contributed by atoms with van der Waals surface area (Å²) in [7, 11) is 0. The Balaban J connectivity index is 1.43. The highest BCUT2D eigenvalue weighted by Gasteiger charge is 2.36. The highest BCUT2D eigenvalue weighted by atomic mass is 32.1. The second kappa shape index (κ2) is 8.91. The van der Waals surface area contributed by atoms with Gasteiger partial charge in [0.1, 0.15) is 12.7 Å². The first-order chi connectivity index (χ1) is 16.1. The average Bonchev–Trinajstić information content (AvgIpc) is 3.53. The van der Waals surface area contributed by atoms with Crippen LogP contribution in [-0.2, 0) is 23.2 Å². The Morgan fingerprint density at radius 3 is 2.67 bits per heavy atom. The van der Waals surface area contributed by atoms with Gasteiger partial charge in [0.15, 0.2) is 5.82 Å². The number of para-hydroxylation sites is 1. The van der Waals surface area contributed by atoms with Crippen LogP contribution in [0.15, 0.2) is 85.6 Å². The topological polar surface area (TPSA) is 85.6 Å². The van der Waals surface area contributed by atoms with E-state index in [-0.39, 0.29) is 5.91 Å². The van der Waals surface area contributed by atoms with Gasteiger partial charge in [-0.3, -0.25) is 4.79 Å². The van der Waals surface area contributed by atoms with E-state index in [1.165, 1.54) is 6.33 Å².